The van der Waals surface area contributed by atoms with Crippen LogP contribution in [0.15, 0.2) is 78.9 Å². The van der Waals surface area contributed by atoms with E-state index in [1.54, 1.807) is 24.3 Å². The summed E-state index contributed by atoms with van der Waals surface area (Å²) in [5.74, 6) is 1.18. The second kappa shape index (κ2) is 9.41. The second-order valence-electron chi connectivity index (χ2n) is 6.66. The van der Waals surface area contributed by atoms with Crippen molar-refractivity contribution in [3.63, 3.8) is 0 Å². The van der Waals surface area contributed by atoms with Crippen molar-refractivity contribution in [1.82, 2.24) is 5.32 Å². The number of hydrogen-bond donors (Lipinski definition) is 3. The van der Waals surface area contributed by atoms with E-state index >= 15 is 0 Å². The molecule has 3 amide bonds. The van der Waals surface area contributed by atoms with Crippen molar-refractivity contribution < 1.29 is 14.3 Å². The molecule has 6 nitrogen and oxygen atoms in total. The smallest absolute Gasteiger partial charge is 0.312 e. The molecule has 1 unspecified atom stereocenters. The van der Waals surface area contributed by atoms with E-state index in [4.69, 9.17) is 10.5 Å². The van der Waals surface area contributed by atoms with Crippen molar-refractivity contribution in [3.8, 4) is 11.5 Å². The van der Waals surface area contributed by atoms with E-state index in [2.05, 4.69) is 10.6 Å². The number of carbonyl (C=O) groups excluding carboxylic acids is 2. The van der Waals surface area contributed by atoms with Gasteiger partial charge in [0.15, 0.2) is 0 Å². The first-order valence-corrected chi connectivity index (χ1v) is 9.25. The summed E-state index contributed by atoms with van der Waals surface area (Å²) in [5.41, 5.74) is 7.86. The molecule has 0 saturated carbocycles. The summed E-state index contributed by atoms with van der Waals surface area (Å²) in [5, 5.41) is 5.44. The lowest BCUT2D eigenvalue weighted by Crippen LogP contribution is -2.35. The summed E-state index contributed by atoms with van der Waals surface area (Å²) >= 11 is 0. The molecule has 0 spiro atoms. The van der Waals surface area contributed by atoms with Gasteiger partial charge in [-0.15, -0.1) is 0 Å². The maximum Gasteiger partial charge on any atom is 0.312 e. The summed E-state index contributed by atoms with van der Waals surface area (Å²) in [4.78, 5) is 23.7. The van der Waals surface area contributed by atoms with Crippen molar-refractivity contribution in [2.45, 2.75) is 19.4 Å². The molecule has 0 bridgehead atoms. The van der Waals surface area contributed by atoms with E-state index in [-0.39, 0.29) is 12.3 Å². The molecule has 6 heteroatoms. The number of ether oxygens (including phenoxy) is 1. The van der Waals surface area contributed by atoms with Gasteiger partial charge >= 0.3 is 6.03 Å². The minimum Gasteiger partial charge on any atom is -0.457 e. The highest BCUT2D eigenvalue weighted by Crippen LogP contribution is 2.24. The number of hydrogen-bond acceptors (Lipinski definition) is 3. The molecule has 3 aromatic rings. The van der Waals surface area contributed by atoms with Gasteiger partial charge in [-0.3, -0.25) is 4.79 Å². The number of urea groups is 1. The van der Waals surface area contributed by atoms with Gasteiger partial charge in [-0.05, 0) is 48.9 Å². The minimum atomic E-state index is -0.677. The molecule has 1 atom stereocenters. The predicted octanol–water partition coefficient (Wildman–Crippen LogP) is 4.53. The average Bonchev–Trinajstić information content (AvgIpc) is 2.71. The van der Waals surface area contributed by atoms with Gasteiger partial charge in [0.05, 0.1) is 12.5 Å². The molecule has 0 aliphatic carbocycles. The van der Waals surface area contributed by atoms with Crippen LogP contribution in [0, 0.1) is 6.92 Å². The fourth-order valence-corrected chi connectivity index (χ4v) is 2.86. The normalized spacial score (nSPS) is 11.3. The molecule has 0 aliphatic heterocycles. The van der Waals surface area contributed by atoms with Crippen LogP contribution in [-0.2, 0) is 4.79 Å². The lowest BCUT2D eigenvalue weighted by atomic mass is 10.0. The van der Waals surface area contributed by atoms with Gasteiger partial charge in [-0.25, -0.2) is 4.79 Å². The van der Waals surface area contributed by atoms with Crippen molar-refractivity contribution in [3.05, 3.63) is 90.0 Å². The van der Waals surface area contributed by atoms with Crippen LogP contribution in [0.25, 0.3) is 0 Å². The van der Waals surface area contributed by atoms with Crippen molar-refractivity contribution in [1.29, 1.82) is 0 Å². The van der Waals surface area contributed by atoms with Crippen molar-refractivity contribution >= 4 is 17.6 Å². The number of anilines is 1. The number of nitrogens with one attached hydrogen (secondary N) is 2. The van der Waals surface area contributed by atoms with E-state index in [1.807, 2.05) is 61.5 Å². The van der Waals surface area contributed by atoms with Crippen LogP contribution in [0.3, 0.4) is 0 Å². The highest BCUT2D eigenvalue weighted by Gasteiger charge is 2.17. The lowest BCUT2D eigenvalue weighted by molar-refractivity contribution is -0.116. The van der Waals surface area contributed by atoms with Gasteiger partial charge in [0.1, 0.15) is 11.5 Å². The van der Waals surface area contributed by atoms with E-state index in [9.17, 15) is 9.59 Å². The van der Waals surface area contributed by atoms with Crippen LogP contribution >= 0.6 is 0 Å². The highest BCUT2D eigenvalue weighted by molar-refractivity contribution is 5.91. The van der Waals surface area contributed by atoms with Crippen LogP contribution in [0.1, 0.15) is 23.6 Å². The molecule has 0 radical (unpaired) electrons. The third-order valence-corrected chi connectivity index (χ3v) is 4.30. The van der Waals surface area contributed by atoms with Gasteiger partial charge in [0.2, 0.25) is 5.91 Å². The first-order chi connectivity index (χ1) is 14.0. The number of amides is 3. The number of nitrogens with two attached hydrogens (primary N) is 1. The van der Waals surface area contributed by atoms with Gasteiger partial charge in [-0.2, -0.15) is 0 Å². The topological polar surface area (TPSA) is 93.4 Å². The zero-order chi connectivity index (χ0) is 20.6. The second-order valence-corrected chi connectivity index (χ2v) is 6.66. The summed E-state index contributed by atoms with van der Waals surface area (Å²) in [6.07, 6.45) is 0.0641. The summed E-state index contributed by atoms with van der Waals surface area (Å²) in [6, 6.07) is 22.9. The molecule has 0 heterocycles. The van der Waals surface area contributed by atoms with Gasteiger partial charge in [-0.1, -0.05) is 48.0 Å². The number of primary amides is 1. The maximum atomic E-state index is 12.5. The van der Waals surface area contributed by atoms with Crippen molar-refractivity contribution in [2.24, 2.45) is 5.73 Å². The Morgan fingerprint density at radius 3 is 2.07 bits per heavy atom. The first kappa shape index (κ1) is 19.9. The molecule has 3 rings (SSSR count). The molecule has 0 saturated heterocycles. The van der Waals surface area contributed by atoms with Crippen molar-refractivity contribution in [2.75, 3.05) is 5.32 Å². The Hall–Kier alpha value is -3.80. The largest absolute Gasteiger partial charge is 0.457 e. The minimum absolute atomic E-state index is 0.0641. The van der Waals surface area contributed by atoms with Crippen LogP contribution in [0.4, 0.5) is 10.5 Å². The molecule has 0 aliphatic rings. The maximum absolute atomic E-state index is 12.5. The van der Waals surface area contributed by atoms with Gasteiger partial charge < -0.3 is 21.1 Å². The molecular weight excluding hydrogens is 366 g/mol. The summed E-state index contributed by atoms with van der Waals surface area (Å²) in [6.45, 7) is 2.02. The summed E-state index contributed by atoms with van der Waals surface area (Å²) in [7, 11) is 0. The summed E-state index contributed by atoms with van der Waals surface area (Å²) < 4.78 is 5.79. The van der Waals surface area contributed by atoms with Crippen LogP contribution in [0.5, 0.6) is 11.5 Å². The monoisotopic (exact) mass is 389 g/mol. The number of rotatable bonds is 7. The molecule has 148 valence electrons. The van der Waals surface area contributed by atoms with Gasteiger partial charge in [0.25, 0.3) is 0 Å². The molecule has 0 aromatic heterocycles. The molecule has 4 N–H and O–H groups in total. The average molecular weight is 389 g/mol. The Labute approximate surface area is 169 Å². The lowest BCUT2D eigenvalue weighted by Gasteiger charge is -2.17. The van der Waals surface area contributed by atoms with E-state index in [0.717, 1.165) is 16.9 Å². The van der Waals surface area contributed by atoms with Crippen LogP contribution in [-0.4, -0.2) is 11.9 Å². The number of carbonyl (C=O) groups is 2. The predicted molar refractivity (Wildman–Crippen MR) is 113 cm³/mol. The third-order valence-electron chi connectivity index (χ3n) is 4.30. The Balaban J connectivity index is 1.60. The Kier molecular flexibility index (Phi) is 6.47. The molecule has 0 fully saturated rings. The van der Waals surface area contributed by atoms with Gasteiger partial charge in [0, 0.05) is 5.69 Å². The van der Waals surface area contributed by atoms with Crippen LogP contribution < -0.4 is 21.1 Å². The zero-order valence-electron chi connectivity index (χ0n) is 16.1. The van der Waals surface area contributed by atoms with E-state index in [0.29, 0.717) is 11.4 Å². The molecule has 29 heavy (non-hydrogen) atoms. The fraction of sp³-hybridized carbons (Fsp3) is 0.130. The SMILES string of the molecule is Cc1ccc(Oc2ccc(NC(=O)CC(NC(N)=O)c3ccccc3)cc2)cc1. The van der Waals surface area contributed by atoms with E-state index < -0.39 is 12.1 Å². The quantitative estimate of drug-likeness (QED) is 0.554. The number of aryl methyl sites for hydroxylation is 1. The standard InChI is InChI=1S/C23H23N3O3/c1-16-7-11-19(12-8-16)29-20-13-9-18(10-14-20)25-22(27)15-21(26-23(24)28)17-5-3-2-4-6-17/h2-14,21H,15H2,1H3,(H,25,27)(H3,24,26,28). The fourth-order valence-electron chi connectivity index (χ4n) is 2.86. The zero-order valence-corrected chi connectivity index (χ0v) is 16.1. The first-order valence-electron chi connectivity index (χ1n) is 9.25. The number of benzene rings is 3. The molecule has 3 aromatic carbocycles. The van der Waals surface area contributed by atoms with Crippen LogP contribution in [0.2, 0.25) is 0 Å². The highest BCUT2D eigenvalue weighted by atomic mass is 16.5. The third kappa shape index (κ3) is 6.10. The Morgan fingerprint density at radius 2 is 1.48 bits per heavy atom. The molecular formula is C23H23N3O3. The Bertz CT molecular complexity index is 955. The van der Waals surface area contributed by atoms with E-state index in [1.165, 1.54) is 0 Å². The Morgan fingerprint density at radius 1 is 0.897 bits per heavy atom.